The van der Waals surface area contributed by atoms with Crippen LogP contribution in [-0.2, 0) is 4.74 Å². The number of morpholine rings is 1. The summed E-state index contributed by atoms with van der Waals surface area (Å²) < 4.78 is 5.73. The molecule has 2 rings (SSSR count). The fourth-order valence-corrected chi connectivity index (χ4v) is 2.29. The molecule has 0 aliphatic carbocycles. The Morgan fingerprint density at radius 1 is 1.47 bits per heavy atom. The van der Waals surface area contributed by atoms with Crippen molar-refractivity contribution in [2.24, 2.45) is 0 Å². The molecule has 1 fully saturated rings. The molecule has 2 atom stereocenters. The molecule has 0 aromatic carbocycles. The number of aromatic nitrogens is 2. The Hall–Kier alpha value is -1.36. The molecule has 1 aromatic heterocycles. The van der Waals surface area contributed by atoms with E-state index in [4.69, 9.17) is 4.74 Å². The van der Waals surface area contributed by atoms with Crippen LogP contribution in [0, 0.1) is 0 Å². The molecule has 0 amide bonds. The Kier molecular flexibility index (Phi) is 4.96. The predicted molar refractivity (Wildman–Crippen MR) is 77.7 cm³/mol. The van der Waals surface area contributed by atoms with Crippen LogP contribution in [-0.4, -0.2) is 41.8 Å². The minimum Gasteiger partial charge on any atom is -0.375 e. The smallest absolute Gasteiger partial charge is 0.224 e. The molecular formula is C14H24N4O. The van der Waals surface area contributed by atoms with Crippen molar-refractivity contribution < 1.29 is 4.74 Å². The molecule has 1 aliphatic heterocycles. The highest BCUT2D eigenvalue weighted by Crippen LogP contribution is 2.22. The number of ether oxygens (including phenoxy) is 1. The molecule has 1 aliphatic rings. The van der Waals surface area contributed by atoms with E-state index in [1.807, 2.05) is 12.3 Å². The average Bonchev–Trinajstić information content (AvgIpc) is 2.45. The second kappa shape index (κ2) is 6.70. The molecule has 1 aromatic rings. The molecule has 1 saturated heterocycles. The third-order valence-electron chi connectivity index (χ3n) is 3.41. The van der Waals surface area contributed by atoms with Crippen LogP contribution in [0.5, 0.6) is 0 Å². The van der Waals surface area contributed by atoms with Crippen molar-refractivity contribution >= 4 is 11.8 Å². The van der Waals surface area contributed by atoms with Gasteiger partial charge in [0.1, 0.15) is 5.82 Å². The van der Waals surface area contributed by atoms with Gasteiger partial charge in [-0.05, 0) is 25.8 Å². The van der Waals surface area contributed by atoms with E-state index in [1.54, 1.807) is 0 Å². The molecular weight excluding hydrogens is 240 g/mol. The van der Waals surface area contributed by atoms with Crippen molar-refractivity contribution in [3.05, 3.63) is 12.3 Å². The van der Waals surface area contributed by atoms with E-state index >= 15 is 0 Å². The van der Waals surface area contributed by atoms with Crippen LogP contribution in [0.15, 0.2) is 12.3 Å². The van der Waals surface area contributed by atoms with Gasteiger partial charge >= 0.3 is 0 Å². The Labute approximate surface area is 115 Å². The standard InChI is InChI=1S/C14H24N4O/c1-4-7-15-14-16-8-6-13(17-14)18-9-11(3)19-10-12(18)5-2/h6,8,11-12H,4-5,7,9-10H2,1-3H3,(H,15,16,17). The van der Waals surface area contributed by atoms with Gasteiger partial charge in [0, 0.05) is 19.3 Å². The van der Waals surface area contributed by atoms with Crippen molar-refractivity contribution in [1.29, 1.82) is 0 Å². The first-order chi connectivity index (χ1) is 9.24. The first kappa shape index (κ1) is 14.1. The zero-order valence-electron chi connectivity index (χ0n) is 12.1. The van der Waals surface area contributed by atoms with Crippen LogP contribution >= 0.6 is 0 Å². The fourth-order valence-electron chi connectivity index (χ4n) is 2.29. The number of hydrogen-bond acceptors (Lipinski definition) is 5. The monoisotopic (exact) mass is 264 g/mol. The van der Waals surface area contributed by atoms with Gasteiger partial charge in [-0.3, -0.25) is 0 Å². The van der Waals surface area contributed by atoms with E-state index < -0.39 is 0 Å². The van der Waals surface area contributed by atoms with Gasteiger partial charge in [-0.1, -0.05) is 13.8 Å². The average molecular weight is 264 g/mol. The maximum Gasteiger partial charge on any atom is 0.224 e. The Balaban J connectivity index is 2.13. The number of nitrogens with one attached hydrogen (secondary N) is 1. The number of rotatable bonds is 5. The molecule has 5 heteroatoms. The Morgan fingerprint density at radius 3 is 3.05 bits per heavy atom. The van der Waals surface area contributed by atoms with E-state index in [2.05, 4.69) is 41.0 Å². The zero-order chi connectivity index (χ0) is 13.7. The highest BCUT2D eigenvalue weighted by Gasteiger charge is 2.26. The normalized spacial score (nSPS) is 23.4. The minimum absolute atomic E-state index is 0.254. The third kappa shape index (κ3) is 3.56. The second-order valence-corrected chi connectivity index (χ2v) is 5.02. The lowest BCUT2D eigenvalue weighted by Crippen LogP contribution is -2.49. The molecule has 106 valence electrons. The lowest BCUT2D eigenvalue weighted by Gasteiger charge is -2.39. The molecule has 1 N–H and O–H groups in total. The maximum atomic E-state index is 5.73. The molecule has 2 unspecified atom stereocenters. The van der Waals surface area contributed by atoms with E-state index in [0.29, 0.717) is 12.0 Å². The zero-order valence-corrected chi connectivity index (χ0v) is 12.1. The largest absolute Gasteiger partial charge is 0.375 e. The van der Waals surface area contributed by atoms with Gasteiger partial charge in [0.15, 0.2) is 0 Å². The van der Waals surface area contributed by atoms with Crippen LogP contribution in [0.4, 0.5) is 11.8 Å². The van der Waals surface area contributed by atoms with Gasteiger partial charge in [-0.2, -0.15) is 4.98 Å². The molecule has 5 nitrogen and oxygen atoms in total. The summed E-state index contributed by atoms with van der Waals surface area (Å²) in [5.74, 6) is 1.71. The van der Waals surface area contributed by atoms with Crippen LogP contribution < -0.4 is 10.2 Å². The van der Waals surface area contributed by atoms with Gasteiger partial charge in [0.25, 0.3) is 0 Å². The van der Waals surface area contributed by atoms with E-state index in [9.17, 15) is 0 Å². The van der Waals surface area contributed by atoms with Crippen molar-refractivity contribution in [2.45, 2.75) is 45.8 Å². The van der Waals surface area contributed by atoms with Crippen LogP contribution in [0.1, 0.15) is 33.6 Å². The van der Waals surface area contributed by atoms with Gasteiger partial charge in [0.05, 0.1) is 18.8 Å². The molecule has 0 spiro atoms. The second-order valence-electron chi connectivity index (χ2n) is 5.02. The molecule has 2 heterocycles. The van der Waals surface area contributed by atoms with Crippen molar-refractivity contribution in [3.8, 4) is 0 Å². The van der Waals surface area contributed by atoms with E-state index in [0.717, 1.165) is 38.4 Å². The summed E-state index contributed by atoms with van der Waals surface area (Å²) in [6.45, 7) is 9.00. The van der Waals surface area contributed by atoms with Crippen LogP contribution in [0.25, 0.3) is 0 Å². The summed E-state index contributed by atoms with van der Waals surface area (Å²) in [6.07, 6.45) is 4.21. The number of hydrogen-bond donors (Lipinski definition) is 1. The summed E-state index contributed by atoms with van der Waals surface area (Å²) in [6, 6.07) is 2.39. The summed E-state index contributed by atoms with van der Waals surface area (Å²) in [4.78, 5) is 11.2. The summed E-state index contributed by atoms with van der Waals surface area (Å²) in [7, 11) is 0. The number of anilines is 2. The van der Waals surface area contributed by atoms with Crippen molar-refractivity contribution in [1.82, 2.24) is 9.97 Å². The highest BCUT2D eigenvalue weighted by molar-refractivity contribution is 5.44. The SMILES string of the molecule is CCCNc1nccc(N2CC(C)OCC2CC)n1. The molecule has 19 heavy (non-hydrogen) atoms. The molecule has 0 radical (unpaired) electrons. The molecule has 0 bridgehead atoms. The van der Waals surface area contributed by atoms with Crippen molar-refractivity contribution in [3.63, 3.8) is 0 Å². The first-order valence-electron chi connectivity index (χ1n) is 7.19. The lowest BCUT2D eigenvalue weighted by atomic mass is 10.1. The quantitative estimate of drug-likeness (QED) is 0.884. The van der Waals surface area contributed by atoms with Gasteiger partial charge in [-0.25, -0.2) is 4.98 Å². The fraction of sp³-hybridized carbons (Fsp3) is 0.714. The maximum absolute atomic E-state index is 5.73. The summed E-state index contributed by atoms with van der Waals surface area (Å²) >= 11 is 0. The predicted octanol–water partition coefficient (Wildman–Crippen LogP) is 2.30. The van der Waals surface area contributed by atoms with E-state index in [1.165, 1.54) is 0 Å². The summed E-state index contributed by atoms with van der Waals surface area (Å²) in [5, 5.41) is 3.24. The lowest BCUT2D eigenvalue weighted by molar-refractivity contribution is 0.0296. The topological polar surface area (TPSA) is 50.3 Å². The van der Waals surface area contributed by atoms with E-state index in [-0.39, 0.29) is 6.10 Å². The third-order valence-corrected chi connectivity index (χ3v) is 3.41. The van der Waals surface area contributed by atoms with Crippen LogP contribution in [0.2, 0.25) is 0 Å². The summed E-state index contributed by atoms with van der Waals surface area (Å²) in [5.41, 5.74) is 0. The molecule has 0 saturated carbocycles. The van der Waals surface area contributed by atoms with Crippen molar-refractivity contribution in [2.75, 3.05) is 29.9 Å². The Morgan fingerprint density at radius 2 is 2.32 bits per heavy atom. The van der Waals surface area contributed by atoms with Gasteiger partial charge < -0.3 is 15.0 Å². The highest BCUT2D eigenvalue weighted by atomic mass is 16.5. The van der Waals surface area contributed by atoms with Gasteiger partial charge in [0.2, 0.25) is 5.95 Å². The Bertz CT molecular complexity index is 399. The first-order valence-corrected chi connectivity index (χ1v) is 7.19. The number of nitrogens with zero attached hydrogens (tertiary/aromatic N) is 3. The van der Waals surface area contributed by atoms with Gasteiger partial charge in [-0.15, -0.1) is 0 Å². The minimum atomic E-state index is 0.254. The van der Waals surface area contributed by atoms with Crippen LogP contribution in [0.3, 0.4) is 0 Å².